The zero-order chi connectivity index (χ0) is 13.5. The summed E-state index contributed by atoms with van der Waals surface area (Å²) >= 11 is 2.18. The van der Waals surface area contributed by atoms with Crippen molar-refractivity contribution in [1.82, 2.24) is 13.2 Å². The standard InChI is InChI=1S/C16H10IN3/c17-20-16-14-8-4-2-6-12(14)10-9-11-5-1-3-7-13(11)15(16)18-19-20/h1-10H/b10-9-,11-9?,12-10?,15-13?,16-14?. The molecule has 1 aliphatic rings. The Labute approximate surface area is 130 Å². The van der Waals surface area contributed by atoms with Crippen LogP contribution in [0.15, 0.2) is 48.5 Å². The first-order valence-corrected chi connectivity index (χ1v) is 7.30. The second kappa shape index (κ2) is 4.56. The van der Waals surface area contributed by atoms with Crippen molar-refractivity contribution >= 4 is 35.0 Å². The molecule has 0 fully saturated rings. The molecule has 0 spiro atoms. The van der Waals surface area contributed by atoms with Crippen LogP contribution < -0.4 is 0 Å². The number of rotatable bonds is 0. The Balaban J connectivity index is 2.14. The minimum atomic E-state index is 0.937. The summed E-state index contributed by atoms with van der Waals surface area (Å²) in [6.07, 6.45) is 4.30. The summed E-state index contributed by atoms with van der Waals surface area (Å²) in [5.74, 6) is 0. The van der Waals surface area contributed by atoms with E-state index in [2.05, 4.69) is 75.7 Å². The van der Waals surface area contributed by atoms with E-state index in [0.29, 0.717) is 0 Å². The molecular formula is C16H10IN3. The maximum Gasteiger partial charge on any atom is 0.122 e. The predicted octanol–water partition coefficient (Wildman–Crippen LogP) is 4.29. The number of nitrogens with zero attached hydrogens (tertiary/aromatic N) is 3. The van der Waals surface area contributed by atoms with Gasteiger partial charge in [0, 0.05) is 11.1 Å². The van der Waals surface area contributed by atoms with Crippen LogP contribution in [0.3, 0.4) is 0 Å². The zero-order valence-electron chi connectivity index (χ0n) is 10.5. The van der Waals surface area contributed by atoms with Gasteiger partial charge in [0.1, 0.15) is 11.4 Å². The third kappa shape index (κ3) is 1.71. The molecule has 1 heterocycles. The molecule has 0 saturated carbocycles. The van der Waals surface area contributed by atoms with E-state index in [0.717, 1.165) is 22.5 Å². The van der Waals surface area contributed by atoms with Gasteiger partial charge in [0.15, 0.2) is 0 Å². The van der Waals surface area contributed by atoms with Gasteiger partial charge in [-0.15, -0.1) is 5.10 Å². The lowest BCUT2D eigenvalue weighted by molar-refractivity contribution is 0.923. The highest BCUT2D eigenvalue weighted by atomic mass is 127. The Morgan fingerprint density at radius 3 is 2.15 bits per heavy atom. The Hall–Kier alpha value is -1.95. The molecule has 0 amide bonds. The number of hydrogen-bond donors (Lipinski definition) is 0. The van der Waals surface area contributed by atoms with Gasteiger partial charge in [0.2, 0.25) is 0 Å². The van der Waals surface area contributed by atoms with Crippen LogP contribution in [0.5, 0.6) is 0 Å². The highest BCUT2D eigenvalue weighted by Crippen LogP contribution is 2.37. The molecule has 3 aromatic rings. The zero-order valence-corrected chi connectivity index (χ0v) is 12.7. The number of aromatic nitrogens is 3. The van der Waals surface area contributed by atoms with Gasteiger partial charge in [-0.05, 0) is 11.1 Å². The molecule has 3 nitrogen and oxygen atoms in total. The fourth-order valence-corrected chi connectivity index (χ4v) is 3.15. The van der Waals surface area contributed by atoms with E-state index >= 15 is 0 Å². The molecule has 96 valence electrons. The lowest BCUT2D eigenvalue weighted by Gasteiger charge is -2.12. The summed E-state index contributed by atoms with van der Waals surface area (Å²) in [5.41, 5.74) is 6.62. The summed E-state index contributed by atoms with van der Waals surface area (Å²) in [6.45, 7) is 0. The van der Waals surface area contributed by atoms with Crippen LogP contribution >= 0.6 is 22.9 Å². The van der Waals surface area contributed by atoms with Crippen molar-refractivity contribution in [1.29, 1.82) is 0 Å². The third-order valence-electron chi connectivity index (χ3n) is 3.51. The van der Waals surface area contributed by atoms with Crippen LogP contribution in [0.1, 0.15) is 11.1 Å². The largest absolute Gasteiger partial charge is 0.183 e. The molecule has 4 heteroatoms. The number of fused-ring (bicyclic) bond motifs is 5. The molecule has 1 aromatic heterocycles. The number of hydrogen-bond acceptors (Lipinski definition) is 2. The van der Waals surface area contributed by atoms with Gasteiger partial charge in [0.25, 0.3) is 0 Å². The smallest absolute Gasteiger partial charge is 0.122 e. The molecular weight excluding hydrogens is 361 g/mol. The molecule has 0 saturated heterocycles. The fraction of sp³-hybridized carbons (Fsp3) is 0. The van der Waals surface area contributed by atoms with Crippen LogP contribution in [-0.4, -0.2) is 13.2 Å². The second-order valence-electron chi connectivity index (χ2n) is 4.65. The van der Waals surface area contributed by atoms with E-state index < -0.39 is 0 Å². The molecule has 0 aliphatic heterocycles. The van der Waals surface area contributed by atoms with E-state index in [1.165, 1.54) is 11.1 Å². The van der Waals surface area contributed by atoms with Gasteiger partial charge in [-0.1, -0.05) is 65.9 Å². The Morgan fingerprint density at radius 2 is 1.40 bits per heavy atom. The number of benzene rings is 2. The molecule has 0 bridgehead atoms. The van der Waals surface area contributed by atoms with E-state index in [-0.39, 0.29) is 0 Å². The normalized spacial score (nSPS) is 13.7. The van der Waals surface area contributed by atoms with Crippen LogP contribution in [0.2, 0.25) is 0 Å². The molecule has 0 atom stereocenters. The third-order valence-corrected chi connectivity index (χ3v) is 4.18. The Kier molecular flexibility index (Phi) is 2.70. The second-order valence-corrected chi connectivity index (χ2v) is 5.57. The lowest BCUT2D eigenvalue weighted by atomic mass is 9.94. The molecule has 20 heavy (non-hydrogen) atoms. The SMILES string of the molecule is In1nnc2c1-c1ccccc1/C=C\c1ccccc1-2. The van der Waals surface area contributed by atoms with Crippen molar-refractivity contribution in [2.24, 2.45) is 0 Å². The van der Waals surface area contributed by atoms with Crippen molar-refractivity contribution in [3.8, 4) is 22.5 Å². The summed E-state index contributed by atoms with van der Waals surface area (Å²) < 4.78 is 1.82. The maximum absolute atomic E-state index is 4.37. The first-order chi connectivity index (χ1) is 9.84. The molecule has 0 unspecified atom stereocenters. The topological polar surface area (TPSA) is 30.7 Å². The van der Waals surface area contributed by atoms with Gasteiger partial charge in [-0.3, -0.25) is 0 Å². The first kappa shape index (κ1) is 11.8. The molecule has 4 rings (SSSR count). The number of halogens is 1. The highest BCUT2D eigenvalue weighted by Gasteiger charge is 2.20. The van der Waals surface area contributed by atoms with E-state index in [4.69, 9.17) is 0 Å². The van der Waals surface area contributed by atoms with Crippen molar-refractivity contribution in [3.63, 3.8) is 0 Å². The molecule has 2 aromatic carbocycles. The van der Waals surface area contributed by atoms with Gasteiger partial charge in [-0.25, -0.2) is 0 Å². The van der Waals surface area contributed by atoms with Crippen LogP contribution in [-0.2, 0) is 0 Å². The van der Waals surface area contributed by atoms with E-state index in [9.17, 15) is 0 Å². The Bertz CT molecular complexity index is 833. The van der Waals surface area contributed by atoms with Crippen LogP contribution in [0.4, 0.5) is 0 Å². The van der Waals surface area contributed by atoms with Crippen LogP contribution in [0.25, 0.3) is 34.7 Å². The maximum atomic E-state index is 4.37. The molecule has 1 aliphatic carbocycles. The molecule has 0 N–H and O–H groups in total. The highest BCUT2D eigenvalue weighted by molar-refractivity contribution is 14.1. The Morgan fingerprint density at radius 1 is 0.800 bits per heavy atom. The van der Waals surface area contributed by atoms with Crippen molar-refractivity contribution in [3.05, 3.63) is 59.7 Å². The van der Waals surface area contributed by atoms with Crippen molar-refractivity contribution in [2.45, 2.75) is 0 Å². The minimum Gasteiger partial charge on any atom is -0.183 e. The van der Waals surface area contributed by atoms with Crippen molar-refractivity contribution in [2.75, 3.05) is 0 Å². The minimum absolute atomic E-state index is 0.937. The molecule has 0 radical (unpaired) electrons. The summed E-state index contributed by atoms with van der Waals surface area (Å²) in [5, 5.41) is 8.57. The lowest BCUT2D eigenvalue weighted by Crippen LogP contribution is -1.94. The van der Waals surface area contributed by atoms with E-state index in [1.54, 1.807) is 0 Å². The average molecular weight is 371 g/mol. The predicted molar refractivity (Wildman–Crippen MR) is 89.2 cm³/mol. The average Bonchev–Trinajstić information content (AvgIpc) is 2.85. The summed E-state index contributed by atoms with van der Waals surface area (Å²) in [4.78, 5) is 0. The van der Waals surface area contributed by atoms with Gasteiger partial charge < -0.3 is 0 Å². The van der Waals surface area contributed by atoms with Crippen molar-refractivity contribution < 1.29 is 0 Å². The monoisotopic (exact) mass is 371 g/mol. The fourth-order valence-electron chi connectivity index (χ4n) is 2.57. The van der Waals surface area contributed by atoms with Gasteiger partial charge in [-0.2, -0.15) is 2.90 Å². The summed E-state index contributed by atoms with van der Waals surface area (Å²) in [6, 6.07) is 16.6. The first-order valence-electron chi connectivity index (χ1n) is 6.33. The van der Waals surface area contributed by atoms with Gasteiger partial charge >= 0.3 is 0 Å². The summed E-state index contributed by atoms with van der Waals surface area (Å²) in [7, 11) is 0. The van der Waals surface area contributed by atoms with Crippen LogP contribution in [0, 0.1) is 0 Å². The quantitative estimate of drug-likeness (QED) is 0.432. The van der Waals surface area contributed by atoms with Gasteiger partial charge in [0.05, 0.1) is 22.9 Å². The van der Waals surface area contributed by atoms with E-state index in [1.807, 2.05) is 21.1 Å².